The molecule has 2 nitrogen and oxygen atoms in total. The van der Waals surface area contributed by atoms with Crippen LogP contribution >= 0.6 is 23.4 Å². The monoisotopic (exact) mass is 339 g/mol. The smallest absolute Gasteiger partial charge is 0.141 e. The van der Waals surface area contributed by atoms with Gasteiger partial charge in [-0.1, -0.05) is 42.4 Å². The van der Waals surface area contributed by atoms with Crippen LogP contribution in [-0.4, -0.2) is 19.2 Å². The first-order chi connectivity index (χ1) is 10.6. The molecule has 1 atom stereocenters. The fourth-order valence-electron chi connectivity index (χ4n) is 1.91. The molecule has 1 N–H and O–H groups in total. The Morgan fingerprint density at radius 3 is 2.77 bits per heavy atom. The van der Waals surface area contributed by atoms with Gasteiger partial charge in [0.05, 0.1) is 9.92 Å². The average Bonchev–Trinajstić information content (AvgIpc) is 2.51. The van der Waals surface area contributed by atoms with Crippen molar-refractivity contribution in [2.24, 2.45) is 0 Å². The molecule has 118 valence electrons. The summed E-state index contributed by atoms with van der Waals surface area (Å²) in [4.78, 5) is 1.86. The summed E-state index contributed by atoms with van der Waals surface area (Å²) in [5.41, 5.74) is 0. The molecule has 0 saturated carbocycles. The molecule has 22 heavy (non-hydrogen) atoms. The Bertz CT molecular complexity index is 623. The van der Waals surface area contributed by atoms with Crippen LogP contribution in [0.15, 0.2) is 52.3 Å². The fraction of sp³-hybridized carbons (Fsp3) is 0.294. The molecule has 2 aromatic carbocycles. The quantitative estimate of drug-likeness (QED) is 0.766. The Labute approximate surface area is 140 Å². The highest BCUT2D eigenvalue weighted by Crippen LogP contribution is 2.36. The predicted octanol–water partition coefficient (Wildman–Crippen LogP) is 5.01. The molecule has 1 unspecified atom stereocenters. The molecule has 0 heterocycles. The summed E-state index contributed by atoms with van der Waals surface area (Å²) >= 11 is 7.34. The van der Waals surface area contributed by atoms with Crippen molar-refractivity contribution in [3.63, 3.8) is 0 Å². The molecule has 0 amide bonds. The first-order valence-corrected chi connectivity index (χ1v) is 8.39. The number of hydrogen-bond acceptors (Lipinski definition) is 3. The van der Waals surface area contributed by atoms with Crippen LogP contribution in [0.1, 0.15) is 13.8 Å². The van der Waals surface area contributed by atoms with Crippen LogP contribution < -0.4 is 10.1 Å². The van der Waals surface area contributed by atoms with Crippen molar-refractivity contribution in [1.82, 2.24) is 5.32 Å². The molecule has 0 saturated heterocycles. The third-order valence-corrected chi connectivity index (χ3v) is 4.31. The van der Waals surface area contributed by atoms with E-state index in [2.05, 4.69) is 12.2 Å². The van der Waals surface area contributed by atoms with E-state index in [9.17, 15) is 4.39 Å². The molecule has 2 rings (SSSR count). The second kappa shape index (κ2) is 8.42. The van der Waals surface area contributed by atoms with E-state index in [4.69, 9.17) is 16.3 Å². The Morgan fingerprint density at radius 1 is 1.27 bits per heavy atom. The second-order valence-corrected chi connectivity index (χ2v) is 6.38. The van der Waals surface area contributed by atoms with E-state index in [1.54, 1.807) is 12.1 Å². The standard InChI is InChI=1S/C17H19ClFNOS/c1-3-20-11-12(2)21-16-6-4-5-7-17(16)22-13-8-9-15(19)14(18)10-13/h4-10,12,20H,3,11H2,1-2H3. The molecule has 0 aliphatic carbocycles. The van der Waals surface area contributed by atoms with Crippen LogP contribution in [0.4, 0.5) is 4.39 Å². The van der Waals surface area contributed by atoms with Gasteiger partial charge < -0.3 is 10.1 Å². The average molecular weight is 340 g/mol. The summed E-state index contributed by atoms with van der Waals surface area (Å²) in [5, 5.41) is 3.39. The van der Waals surface area contributed by atoms with Crippen molar-refractivity contribution in [3.8, 4) is 5.75 Å². The minimum Gasteiger partial charge on any atom is -0.488 e. The van der Waals surface area contributed by atoms with Crippen molar-refractivity contribution in [2.75, 3.05) is 13.1 Å². The van der Waals surface area contributed by atoms with Crippen LogP contribution in [0, 0.1) is 5.82 Å². The summed E-state index contributed by atoms with van der Waals surface area (Å²) in [6.07, 6.45) is 0.0681. The highest BCUT2D eigenvalue weighted by Gasteiger charge is 2.10. The van der Waals surface area contributed by atoms with Gasteiger partial charge in [-0.15, -0.1) is 0 Å². The number of halogens is 2. The first-order valence-electron chi connectivity index (χ1n) is 7.19. The largest absolute Gasteiger partial charge is 0.488 e. The molecule has 0 aliphatic heterocycles. The summed E-state index contributed by atoms with van der Waals surface area (Å²) in [5.74, 6) is 0.410. The van der Waals surface area contributed by atoms with Gasteiger partial charge in [0.1, 0.15) is 17.7 Å². The Hall–Kier alpha value is -1.23. The molecular formula is C17H19ClFNOS. The lowest BCUT2D eigenvalue weighted by Crippen LogP contribution is -2.28. The number of rotatable bonds is 7. The van der Waals surface area contributed by atoms with Crippen molar-refractivity contribution in [3.05, 3.63) is 53.3 Å². The van der Waals surface area contributed by atoms with Gasteiger partial charge in [-0.2, -0.15) is 0 Å². The number of nitrogens with one attached hydrogen (secondary N) is 1. The maximum atomic E-state index is 13.2. The van der Waals surface area contributed by atoms with Gasteiger partial charge in [0.2, 0.25) is 0 Å². The number of para-hydroxylation sites is 1. The van der Waals surface area contributed by atoms with Crippen LogP contribution in [0.2, 0.25) is 5.02 Å². The summed E-state index contributed by atoms with van der Waals surface area (Å²) in [6.45, 7) is 5.80. The molecule has 0 aromatic heterocycles. The number of ether oxygens (including phenoxy) is 1. The van der Waals surface area contributed by atoms with Gasteiger partial charge in [0, 0.05) is 11.4 Å². The van der Waals surface area contributed by atoms with E-state index in [0.29, 0.717) is 0 Å². The molecular weight excluding hydrogens is 321 g/mol. The topological polar surface area (TPSA) is 21.3 Å². The SMILES string of the molecule is CCNCC(C)Oc1ccccc1Sc1ccc(F)c(Cl)c1. The lowest BCUT2D eigenvalue weighted by molar-refractivity contribution is 0.213. The number of hydrogen-bond donors (Lipinski definition) is 1. The first kappa shape index (κ1) is 17.1. The lowest BCUT2D eigenvalue weighted by atomic mass is 10.3. The van der Waals surface area contributed by atoms with Gasteiger partial charge in [0.25, 0.3) is 0 Å². The summed E-state index contributed by atoms with van der Waals surface area (Å²) in [7, 11) is 0. The van der Waals surface area contributed by atoms with E-state index in [-0.39, 0.29) is 11.1 Å². The highest BCUT2D eigenvalue weighted by molar-refractivity contribution is 7.99. The molecule has 0 spiro atoms. The van der Waals surface area contributed by atoms with Crippen molar-refractivity contribution < 1.29 is 9.13 Å². The summed E-state index contributed by atoms with van der Waals surface area (Å²) < 4.78 is 19.2. The Kier molecular flexibility index (Phi) is 6.55. The summed E-state index contributed by atoms with van der Waals surface area (Å²) in [6, 6.07) is 12.5. The normalized spacial score (nSPS) is 12.2. The zero-order chi connectivity index (χ0) is 15.9. The Balaban J connectivity index is 2.12. The van der Waals surface area contributed by atoms with Crippen molar-refractivity contribution in [2.45, 2.75) is 29.7 Å². The Morgan fingerprint density at radius 2 is 2.05 bits per heavy atom. The minimum atomic E-state index is -0.408. The molecule has 5 heteroatoms. The van der Waals surface area contributed by atoms with Gasteiger partial charge in [0.15, 0.2) is 0 Å². The third kappa shape index (κ3) is 4.90. The lowest BCUT2D eigenvalue weighted by Gasteiger charge is -2.17. The van der Waals surface area contributed by atoms with E-state index in [1.165, 1.54) is 17.8 Å². The number of likely N-dealkylation sites (N-methyl/N-ethyl adjacent to an activating group) is 1. The molecule has 0 radical (unpaired) electrons. The van der Waals surface area contributed by atoms with E-state index in [0.717, 1.165) is 28.6 Å². The van der Waals surface area contributed by atoms with Gasteiger partial charge >= 0.3 is 0 Å². The minimum absolute atomic E-state index is 0.0681. The van der Waals surface area contributed by atoms with Crippen molar-refractivity contribution in [1.29, 1.82) is 0 Å². The van der Waals surface area contributed by atoms with Crippen LogP contribution in [0.3, 0.4) is 0 Å². The molecule has 0 aliphatic rings. The van der Waals surface area contributed by atoms with Crippen LogP contribution in [-0.2, 0) is 0 Å². The zero-order valence-electron chi connectivity index (χ0n) is 12.6. The molecule has 2 aromatic rings. The van der Waals surface area contributed by atoms with Crippen LogP contribution in [0.25, 0.3) is 0 Å². The van der Waals surface area contributed by atoms with Gasteiger partial charge in [-0.05, 0) is 43.8 Å². The van der Waals surface area contributed by atoms with E-state index < -0.39 is 5.82 Å². The second-order valence-electron chi connectivity index (χ2n) is 4.86. The predicted molar refractivity (Wildman–Crippen MR) is 90.6 cm³/mol. The zero-order valence-corrected chi connectivity index (χ0v) is 14.2. The van der Waals surface area contributed by atoms with Crippen LogP contribution in [0.5, 0.6) is 5.75 Å². The third-order valence-electron chi connectivity index (χ3n) is 2.98. The molecule has 0 fully saturated rings. The maximum Gasteiger partial charge on any atom is 0.141 e. The maximum absolute atomic E-state index is 13.2. The molecule has 0 bridgehead atoms. The van der Waals surface area contributed by atoms with E-state index in [1.807, 2.05) is 31.2 Å². The van der Waals surface area contributed by atoms with Gasteiger partial charge in [-0.3, -0.25) is 0 Å². The fourth-order valence-corrected chi connectivity index (χ4v) is 3.08. The van der Waals surface area contributed by atoms with Gasteiger partial charge in [-0.25, -0.2) is 4.39 Å². The highest BCUT2D eigenvalue weighted by atomic mass is 35.5. The van der Waals surface area contributed by atoms with Crippen molar-refractivity contribution >= 4 is 23.4 Å². The number of benzene rings is 2. The van der Waals surface area contributed by atoms with E-state index >= 15 is 0 Å².